The third kappa shape index (κ3) is 7.60. The molecular formula is C26H31BFN4O8P. The number of nitrogen functional groups attached to an aromatic ring is 1. The summed E-state index contributed by atoms with van der Waals surface area (Å²) in [5.74, 6) is -0.564. The van der Waals surface area contributed by atoms with Crippen molar-refractivity contribution < 1.29 is 37.3 Å². The highest BCUT2D eigenvalue weighted by Crippen LogP contribution is 2.54. The number of halogens is 1. The number of nitrogens with two attached hydrogens (primary N) is 1. The fourth-order valence-corrected chi connectivity index (χ4v) is 5.67. The van der Waals surface area contributed by atoms with Gasteiger partial charge in [0.15, 0.2) is 5.67 Å². The Bertz CT molecular complexity index is 1440. The van der Waals surface area contributed by atoms with E-state index in [-0.39, 0.29) is 24.6 Å². The maximum atomic E-state index is 15.7. The van der Waals surface area contributed by atoms with Gasteiger partial charge in [0.1, 0.15) is 30.3 Å². The number of esters is 1. The van der Waals surface area contributed by atoms with Gasteiger partial charge in [-0.3, -0.25) is 13.9 Å². The first-order valence-electron chi connectivity index (χ1n) is 12.8. The average molecular weight is 588 g/mol. The van der Waals surface area contributed by atoms with Crippen molar-refractivity contribution in [3.8, 4) is 5.75 Å². The molecule has 15 heteroatoms. The highest BCUT2D eigenvalue weighted by molar-refractivity contribution is 7.52. The van der Waals surface area contributed by atoms with Crippen LogP contribution in [0.3, 0.4) is 0 Å². The van der Waals surface area contributed by atoms with Crippen molar-refractivity contribution in [1.82, 2.24) is 14.6 Å². The number of anilines is 1. The Kier molecular flexibility index (Phi) is 9.62. The molecule has 0 saturated heterocycles. The van der Waals surface area contributed by atoms with Gasteiger partial charge in [0.05, 0.1) is 18.8 Å². The van der Waals surface area contributed by atoms with Gasteiger partial charge in [-0.1, -0.05) is 48.5 Å². The van der Waals surface area contributed by atoms with E-state index in [9.17, 15) is 19.3 Å². The summed E-state index contributed by atoms with van der Waals surface area (Å²) in [6, 6.07) is 16.3. The lowest BCUT2D eigenvalue weighted by Gasteiger charge is -2.28. The summed E-state index contributed by atoms with van der Waals surface area (Å²) in [4.78, 5) is 28.4. The largest absolute Gasteiger partial charge is 0.460 e. The molecule has 4 rings (SSSR count). The number of para-hydroxylation sites is 1. The first-order chi connectivity index (χ1) is 19.5. The molecule has 3 aromatic rings. The third-order valence-electron chi connectivity index (χ3n) is 6.54. The molecule has 6 atom stereocenters. The smallest absolute Gasteiger partial charge is 0.459 e. The number of aliphatic hydroxyl groups excluding tert-OH is 1. The molecule has 1 aliphatic rings. The number of aliphatic hydroxyl groups is 1. The van der Waals surface area contributed by atoms with E-state index in [4.69, 9.17) is 24.2 Å². The van der Waals surface area contributed by atoms with Gasteiger partial charge in [-0.15, -0.1) is 0 Å². The lowest BCUT2D eigenvalue weighted by molar-refractivity contribution is -0.146. The Hall–Kier alpha value is -3.55. The first kappa shape index (κ1) is 30.4. The molecule has 4 N–H and O–H groups in total. The molecule has 1 aromatic heterocycles. The van der Waals surface area contributed by atoms with Crippen LogP contribution in [-0.4, -0.2) is 59.2 Å². The molecule has 1 aliphatic carbocycles. The molecule has 41 heavy (non-hydrogen) atoms. The molecule has 0 aliphatic heterocycles. The summed E-state index contributed by atoms with van der Waals surface area (Å²) in [7, 11) is -3.10. The summed E-state index contributed by atoms with van der Waals surface area (Å²) in [5, 5.41) is 13.4. The van der Waals surface area contributed by atoms with Crippen LogP contribution in [0.2, 0.25) is 0 Å². The van der Waals surface area contributed by atoms with E-state index < -0.39 is 56.0 Å². The van der Waals surface area contributed by atoms with Crippen LogP contribution in [0.25, 0.3) is 0 Å². The zero-order valence-corrected chi connectivity index (χ0v) is 23.4. The van der Waals surface area contributed by atoms with Gasteiger partial charge in [-0.2, -0.15) is 10.1 Å². The summed E-state index contributed by atoms with van der Waals surface area (Å²) >= 11 is 0. The van der Waals surface area contributed by atoms with Gasteiger partial charge in [0.2, 0.25) is 0 Å². The topological polar surface area (TPSA) is 164 Å². The Morgan fingerprint density at radius 2 is 1.90 bits per heavy atom. The summed E-state index contributed by atoms with van der Waals surface area (Å²) in [6.45, 7) is 0.832. The Labute approximate surface area is 236 Å². The number of hydrogen-bond donors (Lipinski definition) is 3. The van der Waals surface area contributed by atoms with E-state index in [1.54, 1.807) is 42.5 Å². The Balaban J connectivity index is 1.44. The number of rotatable bonds is 14. The van der Waals surface area contributed by atoms with Crippen molar-refractivity contribution in [2.45, 2.75) is 49.9 Å². The molecule has 12 nitrogen and oxygen atoms in total. The minimum Gasteiger partial charge on any atom is -0.460 e. The van der Waals surface area contributed by atoms with Crippen LogP contribution in [-0.2, 0) is 29.9 Å². The van der Waals surface area contributed by atoms with Gasteiger partial charge < -0.3 is 24.8 Å². The summed E-state index contributed by atoms with van der Waals surface area (Å²) in [5.41, 5.74) is 3.25. The van der Waals surface area contributed by atoms with Gasteiger partial charge in [-0.25, -0.2) is 13.8 Å². The van der Waals surface area contributed by atoms with Gasteiger partial charge in [-0.05, 0) is 30.7 Å². The summed E-state index contributed by atoms with van der Waals surface area (Å²) < 4.78 is 52.2. The van der Waals surface area contributed by atoms with Gasteiger partial charge >= 0.3 is 19.4 Å². The van der Waals surface area contributed by atoms with Crippen molar-refractivity contribution in [1.29, 1.82) is 0 Å². The highest BCUT2D eigenvalue weighted by Gasteiger charge is 2.64. The van der Waals surface area contributed by atoms with Crippen molar-refractivity contribution in [3.63, 3.8) is 0 Å². The van der Waals surface area contributed by atoms with Crippen molar-refractivity contribution in [2.75, 3.05) is 12.3 Å². The molecule has 2 aromatic carbocycles. The molecule has 0 spiro atoms. The van der Waals surface area contributed by atoms with Gasteiger partial charge in [0, 0.05) is 12.6 Å². The number of hydrogen-bond acceptors (Lipinski definition) is 10. The van der Waals surface area contributed by atoms with Crippen LogP contribution in [0.15, 0.2) is 77.7 Å². The van der Waals surface area contributed by atoms with Crippen LogP contribution < -0.4 is 21.0 Å². The van der Waals surface area contributed by atoms with Gasteiger partial charge in [0.25, 0.3) is 8.05 Å². The normalized spacial score (nSPS) is 21.7. The molecule has 3 unspecified atom stereocenters. The van der Waals surface area contributed by atoms with Crippen LogP contribution >= 0.6 is 7.75 Å². The minimum atomic E-state index is -4.32. The molecule has 1 fully saturated rings. The Morgan fingerprint density at radius 3 is 2.54 bits per heavy atom. The average Bonchev–Trinajstić information content (AvgIpc) is 3.64. The standard InChI is InChI=1S/C26H31BFN4O8P/c1-17(24(34)37-15-18-8-4-2-5-9-18)31-41(36,40-19-10-6-3-7-11-19)38-16-20(39-27)23(33)26(28)14-21(26)32-13-12-22(29)30-25(32)35/h2-13,17,20-21,23,33H,14-16,27H2,1H3,(H,31,36)(H2,29,30,35)/t17-,20?,21+,23?,26?,41-/m0/s1. The van der Waals surface area contributed by atoms with Crippen LogP contribution in [0.4, 0.5) is 10.2 Å². The second-order valence-corrected chi connectivity index (χ2v) is 11.2. The molecule has 0 amide bonds. The second-order valence-electron chi connectivity index (χ2n) is 9.55. The molecule has 1 heterocycles. The van der Waals surface area contributed by atoms with Crippen molar-refractivity contribution in [3.05, 3.63) is 89.0 Å². The fourth-order valence-electron chi connectivity index (χ4n) is 4.17. The summed E-state index contributed by atoms with van der Waals surface area (Å²) in [6.07, 6.45) is -2.00. The highest BCUT2D eigenvalue weighted by atomic mass is 31.2. The molecule has 0 bridgehead atoms. The Morgan fingerprint density at radius 1 is 1.24 bits per heavy atom. The first-order valence-corrected chi connectivity index (χ1v) is 14.3. The van der Waals surface area contributed by atoms with E-state index in [0.29, 0.717) is 0 Å². The fraction of sp³-hybridized carbons (Fsp3) is 0.346. The van der Waals surface area contributed by atoms with Crippen LogP contribution in [0.1, 0.15) is 24.9 Å². The maximum absolute atomic E-state index is 15.7. The number of benzene rings is 2. The van der Waals surface area contributed by atoms with E-state index in [2.05, 4.69) is 10.1 Å². The zero-order chi connectivity index (χ0) is 29.6. The number of aromatic nitrogens is 2. The lowest BCUT2D eigenvalue weighted by Crippen LogP contribution is -2.43. The second kappa shape index (κ2) is 13.0. The maximum Gasteiger partial charge on any atom is 0.459 e. The monoisotopic (exact) mass is 588 g/mol. The predicted molar refractivity (Wildman–Crippen MR) is 149 cm³/mol. The number of nitrogens with one attached hydrogen (secondary N) is 1. The van der Waals surface area contributed by atoms with E-state index >= 15 is 4.39 Å². The minimum absolute atomic E-state index is 0.000693. The number of alkyl halides is 1. The van der Waals surface area contributed by atoms with Crippen LogP contribution in [0.5, 0.6) is 5.75 Å². The third-order valence-corrected chi connectivity index (χ3v) is 8.18. The SMILES string of the molecule is BOC(CO[P@@](=O)(N[C@@H](C)C(=O)OCc1ccccc1)Oc1ccccc1)C(O)C1(F)C[C@H]1n1ccc(N)nc1=O. The molecule has 1 saturated carbocycles. The lowest BCUT2D eigenvalue weighted by atomic mass is 10.1. The number of ether oxygens (including phenoxy) is 1. The molecule has 218 valence electrons. The van der Waals surface area contributed by atoms with Crippen molar-refractivity contribution >= 4 is 27.6 Å². The quantitative estimate of drug-likeness (QED) is 0.143. The van der Waals surface area contributed by atoms with E-state index in [1.807, 2.05) is 6.07 Å². The molecule has 0 radical (unpaired) electrons. The number of nitrogens with zero attached hydrogens (tertiary/aromatic N) is 2. The van der Waals surface area contributed by atoms with Crippen molar-refractivity contribution in [2.24, 2.45) is 0 Å². The van der Waals surface area contributed by atoms with E-state index in [1.165, 1.54) is 39.4 Å². The zero-order valence-electron chi connectivity index (χ0n) is 22.5. The number of carbonyl (C=O) groups excluding carboxylic acids is 1. The molecular weight excluding hydrogens is 557 g/mol. The number of carbonyl (C=O) groups is 1. The van der Waals surface area contributed by atoms with Crippen LogP contribution in [0, 0.1) is 0 Å². The van der Waals surface area contributed by atoms with E-state index in [0.717, 1.165) is 10.1 Å². The predicted octanol–water partition coefficient (Wildman–Crippen LogP) is 1.70.